The van der Waals surface area contributed by atoms with Gasteiger partial charge in [0, 0.05) is 25.0 Å². The molecule has 3 aromatic heterocycles. The van der Waals surface area contributed by atoms with Gasteiger partial charge in [-0.2, -0.15) is 15.1 Å². The summed E-state index contributed by atoms with van der Waals surface area (Å²) in [6.45, 7) is 1.44. The van der Waals surface area contributed by atoms with Crippen molar-refractivity contribution in [3.8, 4) is 11.6 Å². The van der Waals surface area contributed by atoms with E-state index in [9.17, 15) is 15.3 Å². The quantitative estimate of drug-likeness (QED) is 0.357. The molecule has 0 unspecified atom stereocenters. The molecule has 10 heteroatoms. The minimum absolute atomic E-state index is 0.0335. The minimum atomic E-state index is -0.978. The Balaban J connectivity index is 1.40. The highest BCUT2D eigenvalue weighted by molar-refractivity contribution is 5.85. The fourth-order valence-corrected chi connectivity index (χ4v) is 4.76. The topological polar surface area (TPSA) is 125 Å². The zero-order chi connectivity index (χ0) is 24.0. The standard InChI is InChI=1S/C25H25N7O3/c33-14-13-31-16-26-21-22(31)28-24(29-23(21)32-20-4-2-1-3-17(20)15-27-32)30-11-9-25(35,10-12-30)18-5-7-19(34)8-6-18/h1-8,15-16,33-35H,9-14H2. The van der Waals surface area contributed by atoms with Crippen LogP contribution in [0.4, 0.5) is 5.95 Å². The van der Waals surface area contributed by atoms with Crippen LogP contribution in [0.15, 0.2) is 61.1 Å². The lowest BCUT2D eigenvalue weighted by molar-refractivity contribution is 0.0115. The predicted octanol–water partition coefficient (Wildman–Crippen LogP) is 2.35. The Bertz CT molecular complexity index is 1500. The molecule has 1 fully saturated rings. The predicted molar refractivity (Wildman–Crippen MR) is 130 cm³/mol. The van der Waals surface area contributed by atoms with Gasteiger partial charge in [0.2, 0.25) is 5.95 Å². The van der Waals surface area contributed by atoms with Crippen LogP contribution in [0.25, 0.3) is 27.9 Å². The second-order valence-electron chi connectivity index (χ2n) is 8.86. The molecule has 0 aliphatic carbocycles. The van der Waals surface area contributed by atoms with Crippen LogP contribution in [0.5, 0.6) is 5.75 Å². The van der Waals surface area contributed by atoms with E-state index in [4.69, 9.17) is 9.97 Å². The number of aromatic nitrogens is 6. The van der Waals surface area contributed by atoms with E-state index < -0.39 is 5.60 Å². The van der Waals surface area contributed by atoms with Gasteiger partial charge in [-0.15, -0.1) is 0 Å². The molecule has 178 valence electrons. The van der Waals surface area contributed by atoms with Crippen molar-refractivity contribution in [3.63, 3.8) is 0 Å². The van der Waals surface area contributed by atoms with Gasteiger partial charge in [-0.05, 0) is 36.6 Å². The number of rotatable bonds is 5. The molecule has 0 spiro atoms. The molecule has 0 amide bonds. The SMILES string of the molecule is OCCn1cnc2c(-n3ncc4ccccc43)nc(N3CCC(O)(c4ccc(O)cc4)CC3)nc21. The first-order chi connectivity index (χ1) is 17.1. The van der Waals surface area contributed by atoms with Crippen LogP contribution in [-0.2, 0) is 12.1 Å². The number of hydrogen-bond donors (Lipinski definition) is 3. The Kier molecular flexibility index (Phi) is 5.12. The average molecular weight is 472 g/mol. The first-order valence-electron chi connectivity index (χ1n) is 11.6. The monoisotopic (exact) mass is 471 g/mol. The number of nitrogens with zero attached hydrogens (tertiary/aromatic N) is 7. The van der Waals surface area contributed by atoms with Crippen molar-refractivity contribution in [1.82, 2.24) is 29.3 Å². The van der Waals surface area contributed by atoms with E-state index in [2.05, 4.69) is 15.0 Å². The summed E-state index contributed by atoms with van der Waals surface area (Å²) in [7, 11) is 0. The smallest absolute Gasteiger partial charge is 0.229 e. The molecule has 0 saturated carbocycles. The molecule has 1 aliphatic rings. The van der Waals surface area contributed by atoms with Crippen LogP contribution in [0, 0.1) is 0 Å². The van der Waals surface area contributed by atoms with Crippen molar-refractivity contribution in [3.05, 3.63) is 66.6 Å². The van der Waals surface area contributed by atoms with E-state index in [-0.39, 0.29) is 12.4 Å². The van der Waals surface area contributed by atoms with Gasteiger partial charge in [0.1, 0.15) is 5.75 Å². The molecular weight excluding hydrogens is 446 g/mol. The molecule has 35 heavy (non-hydrogen) atoms. The Hall–Kier alpha value is -4.02. The number of piperidine rings is 1. The number of aliphatic hydroxyl groups is 2. The molecule has 1 aliphatic heterocycles. The number of fused-ring (bicyclic) bond motifs is 2. The van der Waals surface area contributed by atoms with Crippen molar-refractivity contribution < 1.29 is 15.3 Å². The molecule has 4 heterocycles. The fourth-order valence-electron chi connectivity index (χ4n) is 4.76. The van der Waals surface area contributed by atoms with Gasteiger partial charge in [-0.1, -0.05) is 30.3 Å². The lowest BCUT2D eigenvalue weighted by Crippen LogP contribution is -2.43. The van der Waals surface area contributed by atoms with Crippen molar-refractivity contribution in [2.75, 3.05) is 24.6 Å². The summed E-state index contributed by atoms with van der Waals surface area (Å²) >= 11 is 0. The maximum atomic E-state index is 11.3. The van der Waals surface area contributed by atoms with Crippen LogP contribution < -0.4 is 4.90 Å². The number of imidazole rings is 1. The van der Waals surface area contributed by atoms with Gasteiger partial charge in [0.05, 0.1) is 30.2 Å². The van der Waals surface area contributed by atoms with Crippen LogP contribution in [0.1, 0.15) is 18.4 Å². The van der Waals surface area contributed by atoms with Crippen LogP contribution in [0.2, 0.25) is 0 Å². The van der Waals surface area contributed by atoms with Crippen LogP contribution in [-0.4, -0.2) is 64.3 Å². The third kappa shape index (κ3) is 3.67. The van der Waals surface area contributed by atoms with Gasteiger partial charge in [-0.3, -0.25) is 0 Å². The normalized spacial score (nSPS) is 15.8. The van der Waals surface area contributed by atoms with Crippen molar-refractivity contribution in [1.29, 1.82) is 0 Å². The molecule has 3 N–H and O–H groups in total. The van der Waals surface area contributed by atoms with E-state index in [0.29, 0.717) is 55.4 Å². The van der Waals surface area contributed by atoms with E-state index in [1.165, 1.54) is 0 Å². The molecule has 0 radical (unpaired) electrons. The van der Waals surface area contributed by atoms with E-state index in [1.54, 1.807) is 41.5 Å². The zero-order valence-corrected chi connectivity index (χ0v) is 19.0. The highest BCUT2D eigenvalue weighted by Gasteiger charge is 2.35. The Morgan fingerprint density at radius 3 is 2.51 bits per heavy atom. The molecule has 6 rings (SSSR count). The largest absolute Gasteiger partial charge is 0.508 e. The van der Waals surface area contributed by atoms with E-state index in [0.717, 1.165) is 16.5 Å². The summed E-state index contributed by atoms with van der Waals surface area (Å²) in [4.78, 5) is 16.3. The molecule has 0 atom stereocenters. The highest BCUT2D eigenvalue weighted by Crippen LogP contribution is 2.35. The highest BCUT2D eigenvalue weighted by atomic mass is 16.3. The van der Waals surface area contributed by atoms with Gasteiger partial charge >= 0.3 is 0 Å². The Morgan fingerprint density at radius 2 is 1.74 bits per heavy atom. The Labute approximate surface area is 200 Å². The number of hydrogen-bond acceptors (Lipinski definition) is 8. The third-order valence-corrected chi connectivity index (χ3v) is 6.73. The molecule has 2 aromatic carbocycles. The molecular formula is C25H25N7O3. The van der Waals surface area contributed by atoms with Crippen LogP contribution in [0.3, 0.4) is 0 Å². The molecule has 0 bridgehead atoms. The summed E-state index contributed by atoms with van der Waals surface area (Å²) in [5.74, 6) is 1.27. The second kappa shape index (κ2) is 8.33. The maximum Gasteiger partial charge on any atom is 0.229 e. The lowest BCUT2D eigenvalue weighted by Gasteiger charge is -2.38. The van der Waals surface area contributed by atoms with E-state index in [1.807, 2.05) is 28.8 Å². The first kappa shape index (κ1) is 21.5. The number of para-hydroxylation sites is 1. The number of phenols is 1. The second-order valence-corrected chi connectivity index (χ2v) is 8.86. The average Bonchev–Trinajstić information content (AvgIpc) is 3.49. The number of aromatic hydroxyl groups is 1. The summed E-state index contributed by atoms with van der Waals surface area (Å²) in [5, 5.41) is 36.0. The summed E-state index contributed by atoms with van der Waals surface area (Å²) < 4.78 is 3.59. The minimum Gasteiger partial charge on any atom is -0.508 e. The van der Waals surface area contributed by atoms with Crippen molar-refractivity contribution in [2.45, 2.75) is 25.0 Å². The summed E-state index contributed by atoms with van der Waals surface area (Å²) in [6, 6.07) is 14.6. The Morgan fingerprint density at radius 1 is 0.971 bits per heavy atom. The molecule has 1 saturated heterocycles. The van der Waals surface area contributed by atoms with Gasteiger partial charge < -0.3 is 24.8 Å². The molecule has 5 aromatic rings. The van der Waals surface area contributed by atoms with E-state index >= 15 is 0 Å². The number of anilines is 1. The van der Waals surface area contributed by atoms with Gasteiger partial charge in [0.15, 0.2) is 17.0 Å². The lowest BCUT2D eigenvalue weighted by atomic mass is 9.84. The number of aliphatic hydroxyl groups excluding tert-OH is 1. The number of phenolic OH excluding ortho intramolecular Hbond substituents is 1. The summed E-state index contributed by atoms with van der Waals surface area (Å²) in [5.41, 5.74) is 1.95. The van der Waals surface area contributed by atoms with Crippen molar-refractivity contribution >= 4 is 28.0 Å². The first-order valence-corrected chi connectivity index (χ1v) is 11.6. The molecule has 10 nitrogen and oxygen atoms in total. The number of benzene rings is 2. The zero-order valence-electron chi connectivity index (χ0n) is 19.0. The van der Waals surface area contributed by atoms with Gasteiger partial charge in [0.25, 0.3) is 0 Å². The van der Waals surface area contributed by atoms with Crippen molar-refractivity contribution in [2.24, 2.45) is 0 Å². The summed E-state index contributed by atoms with van der Waals surface area (Å²) in [6.07, 6.45) is 4.45. The van der Waals surface area contributed by atoms with Gasteiger partial charge in [-0.25, -0.2) is 9.67 Å². The third-order valence-electron chi connectivity index (χ3n) is 6.73. The van der Waals surface area contributed by atoms with Crippen LogP contribution >= 0.6 is 0 Å². The fraction of sp³-hybridized carbons (Fsp3) is 0.280. The maximum absolute atomic E-state index is 11.3.